The first-order valence-corrected chi connectivity index (χ1v) is 2.74. The minimum atomic E-state index is -0.964. The molecule has 0 unspecified atom stereocenters. The molecule has 0 fully saturated rings. The summed E-state index contributed by atoms with van der Waals surface area (Å²) in [6, 6.07) is 0. The van der Waals surface area contributed by atoms with E-state index in [1.807, 2.05) is 0 Å². The van der Waals surface area contributed by atoms with Crippen LogP contribution in [-0.4, -0.2) is 22.8 Å². The minimum absolute atomic E-state index is 0.902. The molecule has 9 heavy (non-hydrogen) atoms. The Morgan fingerprint density at radius 3 is 2.22 bits per heavy atom. The largest absolute Gasteiger partial charge is 0.479 e. The zero-order chi connectivity index (χ0) is 7.49. The van der Waals surface area contributed by atoms with Crippen LogP contribution in [0.3, 0.4) is 0 Å². The number of aliphatic carboxylic acids is 1. The number of nitrogens with zero attached hydrogens (tertiary/aromatic N) is 1. The third-order valence-corrected chi connectivity index (χ3v) is 0.975. The fourth-order valence-electron chi connectivity index (χ4n) is 0.378. The highest BCUT2D eigenvalue weighted by Crippen LogP contribution is 2.06. The van der Waals surface area contributed by atoms with Crippen LogP contribution in [0.1, 0.15) is 20.8 Å². The van der Waals surface area contributed by atoms with Gasteiger partial charge in [-0.25, -0.2) is 4.79 Å². The highest BCUT2D eigenvalue weighted by Gasteiger charge is 2.24. The van der Waals surface area contributed by atoms with E-state index < -0.39 is 11.5 Å². The number of hydrogen-bond donors (Lipinski definition) is 1. The quantitative estimate of drug-likeness (QED) is 0.564. The molecule has 0 aromatic rings. The Bertz CT molecular complexity index is 138. The Morgan fingerprint density at radius 2 is 2.11 bits per heavy atom. The van der Waals surface area contributed by atoms with Gasteiger partial charge in [-0.2, -0.15) is 0 Å². The topological polar surface area (TPSA) is 49.7 Å². The van der Waals surface area contributed by atoms with E-state index in [4.69, 9.17) is 5.11 Å². The number of carboxylic acid groups (broad SMARTS) is 1. The van der Waals surface area contributed by atoms with Gasteiger partial charge in [-0.15, -0.1) is 0 Å². The van der Waals surface area contributed by atoms with E-state index in [1.165, 1.54) is 6.21 Å². The van der Waals surface area contributed by atoms with Crippen LogP contribution in [0.25, 0.3) is 0 Å². The van der Waals surface area contributed by atoms with E-state index in [1.54, 1.807) is 20.8 Å². The molecule has 0 heterocycles. The van der Waals surface area contributed by atoms with Crippen LogP contribution < -0.4 is 0 Å². The minimum Gasteiger partial charge on any atom is -0.479 e. The van der Waals surface area contributed by atoms with Crippen LogP contribution in [0.2, 0.25) is 0 Å². The Morgan fingerprint density at radius 1 is 1.67 bits per heavy atom. The lowest BCUT2D eigenvalue weighted by atomic mass is 10.1. The standard InChI is InChI=1S/C6H11NO2/c1-4-7-6(2,3)5(8)9/h4H,1-3H3,(H,8,9)/b7-4+. The molecule has 3 heteroatoms. The van der Waals surface area contributed by atoms with Gasteiger partial charge in [-0.1, -0.05) is 0 Å². The van der Waals surface area contributed by atoms with Crippen molar-refractivity contribution >= 4 is 12.2 Å². The van der Waals surface area contributed by atoms with Gasteiger partial charge in [-0.05, 0) is 27.0 Å². The van der Waals surface area contributed by atoms with Gasteiger partial charge in [0, 0.05) is 0 Å². The first kappa shape index (κ1) is 8.14. The molecule has 0 aliphatic carbocycles. The van der Waals surface area contributed by atoms with Crippen LogP contribution in [0.15, 0.2) is 4.99 Å². The number of aliphatic imine (C=N–C) groups is 1. The van der Waals surface area contributed by atoms with Crippen LogP contribution >= 0.6 is 0 Å². The van der Waals surface area contributed by atoms with Crippen LogP contribution in [0, 0.1) is 0 Å². The Kier molecular flexibility index (Phi) is 2.37. The van der Waals surface area contributed by atoms with Gasteiger partial charge in [0.05, 0.1) is 0 Å². The molecule has 0 bridgehead atoms. The molecule has 0 atom stereocenters. The van der Waals surface area contributed by atoms with Crippen molar-refractivity contribution in [2.75, 3.05) is 0 Å². The normalized spacial score (nSPS) is 12.3. The summed E-state index contributed by atoms with van der Waals surface area (Å²) in [4.78, 5) is 14.0. The Labute approximate surface area is 54.4 Å². The molecule has 0 aliphatic heterocycles. The monoisotopic (exact) mass is 129 g/mol. The molecule has 0 saturated heterocycles. The molecule has 0 amide bonds. The van der Waals surface area contributed by atoms with Crippen molar-refractivity contribution in [2.45, 2.75) is 26.3 Å². The summed E-state index contributed by atoms with van der Waals surface area (Å²) in [5.74, 6) is -0.902. The van der Waals surface area contributed by atoms with Crippen molar-refractivity contribution in [3.63, 3.8) is 0 Å². The molecule has 0 rings (SSSR count). The summed E-state index contributed by atoms with van der Waals surface area (Å²) in [6.07, 6.45) is 1.49. The van der Waals surface area contributed by atoms with Crippen LogP contribution in [0.5, 0.6) is 0 Å². The fraction of sp³-hybridized carbons (Fsp3) is 0.667. The first-order chi connectivity index (χ1) is 4.00. The van der Waals surface area contributed by atoms with Crippen molar-refractivity contribution in [1.82, 2.24) is 0 Å². The predicted molar refractivity (Wildman–Crippen MR) is 35.9 cm³/mol. The summed E-state index contributed by atoms with van der Waals surface area (Å²) >= 11 is 0. The lowest BCUT2D eigenvalue weighted by Gasteiger charge is -2.11. The molecule has 0 aromatic carbocycles. The maximum atomic E-state index is 10.3. The number of hydrogen-bond acceptors (Lipinski definition) is 2. The Hall–Kier alpha value is -0.860. The van der Waals surface area contributed by atoms with Crippen LogP contribution in [0.4, 0.5) is 0 Å². The maximum Gasteiger partial charge on any atom is 0.330 e. The molecule has 0 spiro atoms. The fourth-order valence-corrected chi connectivity index (χ4v) is 0.378. The van der Waals surface area contributed by atoms with Crippen molar-refractivity contribution in [2.24, 2.45) is 4.99 Å². The van der Waals surface area contributed by atoms with Crippen molar-refractivity contribution in [1.29, 1.82) is 0 Å². The van der Waals surface area contributed by atoms with E-state index in [0.29, 0.717) is 0 Å². The number of carboxylic acids is 1. The van der Waals surface area contributed by atoms with E-state index in [0.717, 1.165) is 0 Å². The molecule has 1 N–H and O–H groups in total. The van der Waals surface area contributed by atoms with Crippen molar-refractivity contribution in [3.8, 4) is 0 Å². The van der Waals surface area contributed by atoms with Gasteiger partial charge in [0.1, 0.15) is 0 Å². The zero-order valence-electron chi connectivity index (χ0n) is 5.88. The summed E-state index contributed by atoms with van der Waals surface area (Å²) in [6.45, 7) is 4.80. The average molecular weight is 129 g/mol. The highest BCUT2D eigenvalue weighted by molar-refractivity contribution is 5.79. The molecular weight excluding hydrogens is 118 g/mol. The van der Waals surface area contributed by atoms with Crippen molar-refractivity contribution in [3.05, 3.63) is 0 Å². The predicted octanol–water partition coefficient (Wildman–Crippen LogP) is 0.940. The number of rotatable bonds is 2. The summed E-state index contributed by atoms with van der Waals surface area (Å²) in [7, 11) is 0. The van der Waals surface area contributed by atoms with Gasteiger partial charge in [0.2, 0.25) is 0 Å². The van der Waals surface area contributed by atoms with Gasteiger partial charge >= 0.3 is 5.97 Å². The van der Waals surface area contributed by atoms with E-state index in [-0.39, 0.29) is 0 Å². The summed E-state index contributed by atoms with van der Waals surface area (Å²) in [5, 5.41) is 8.46. The molecule has 0 aliphatic rings. The lowest BCUT2D eigenvalue weighted by molar-refractivity contribution is -0.141. The Balaban J connectivity index is 4.19. The van der Waals surface area contributed by atoms with E-state index in [2.05, 4.69) is 4.99 Å². The molecule has 0 saturated carbocycles. The van der Waals surface area contributed by atoms with E-state index in [9.17, 15) is 4.79 Å². The molecule has 0 aromatic heterocycles. The zero-order valence-corrected chi connectivity index (χ0v) is 5.88. The number of carbonyl (C=O) groups is 1. The SMILES string of the molecule is C/C=N/C(C)(C)C(=O)O. The van der Waals surface area contributed by atoms with Gasteiger partial charge in [-0.3, -0.25) is 4.99 Å². The average Bonchev–Trinajstić information content (AvgIpc) is 1.65. The van der Waals surface area contributed by atoms with E-state index >= 15 is 0 Å². The van der Waals surface area contributed by atoms with Gasteiger partial charge in [0.15, 0.2) is 5.54 Å². The molecule has 52 valence electrons. The van der Waals surface area contributed by atoms with Gasteiger partial charge in [0.25, 0.3) is 0 Å². The second kappa shape index (κ2) is 2.62. The maximum absolute atomic E-state index is 10.3. The van der Waals surface area contributed by atoms with Gasteiger partial charge < -0.3 is 5.11 Å². The molecule has 3 nitrogen and oxygen atoms in total. The third kappa shape index (κ3) is 2.26. The lowest BCUT2D eigenvalue weighted by Crippen LogP contribution is -2.28. The second-order valence-corrected chi connectivity index (χ2v) is 2.25. The van der Waals surface area contributed by atoms with Crippen molar-refractivity contribution < 1.29 is 9.90 Å². The third-order valence-electron chi connectivity index (χ3n) is 0.975. The summed E-state index contributed by atoms with van der Waals surface area (Å²) in [5.41, 5.74) is -0.964. The summed E-state index contributed by atoms with van der Waals surface area (Å²) < 4.78 is 0. The van der Waals surface area contributed by atoms with Crippen LogP contribution in [-0.2, 0) is 4.79 Å². The smallest absolute Gasteiger partial charge is 0.330 e. The second-order valence-electron chi connectivity index (χ2n) is 2.25. The molecular formula is C6H11NO2. The highest BCUT2D eigenvalue weighted by atomic mass is 16.4. The first-order valence-electron chi connectivity index (χ1n) is 2.74. The molecule has 0 radical (unpaired) electrons.